The number of sulfonamides is 1. The highest BCUT2D eigenvalue weighted by molar-refractivity contribution is 7.89. The molecule has 0 fully saturated rings. The van der Waals surface area contributed by atoms with Crippen molar-refractivity contribution >= 4 is 21.6 Å². The molecule has 3 N–H and O–H groups in total. The zero-order valence-corrected chi connectivity index (χ0v) is 16.3. The Morgan fingerprint density at radius 3 is 2.66 bits per heavy atom. The Morgan fingerprint density at radius 1 is 1.14 bits per heavy atom. The lowest BCUT2D eigenvalue weighted by molar-refractivity contribution is 0.102. The number of anilines is 1. The second-order valence-electron chi connectivity index (χ2n) is 6.04. The van der Waals surface area contributed by atoms with Gasteiger partial charge in [0.15, 0.2) is 0 Å². The van der Waals surface area contributed by atoms with E-state index in [1.54, 1.807) is 36.7 Å². The number of methoxy groups -OCH3 is 1. The fourth-order valence-electron chi connectivity index (χ4n) is 2.53. The number of pyridine rings is 1. The lowest BCUT2D eigenvalue weighted by atomic mass is 10.2. The van der Waals surface area contributed by atoms with E-state index in [0.29, 0.717) is 23.7 Å². The molecule has 150 valence electrons. The number of nitrogens with zero attached hydrogens (tertiary/aromatic N) is 1. The molecule has 9 heteroatoms. The quantitative estimate of drug-likeness (QED) is 0.614. The molecule has 0 aliphatic rings. The average molecular weight is 413 g/mol. The summed E-state index contributed by atoms with van der Waals surface area (Å²) in [5, 5.41) is 7.80. The first-order valence-corrected chi connectivity index (χ1v) is 10.1. The van der Waals surface area contributed by atoms with Gasteiger partial charge >= 0.3 is 0 Å². The van der Waals surface area contributed by atoms with Crippen LogP contribution in [0.4, 0.5) is 5.69 Å². The van der Waals surface area contributed by atoms with Crippen LogP contribution in [0.15, 0.2) is 71.9 Å². The molecule has 2 aromatic carbocycles. The molecule has 1 aromatic heterocycles. The van der Waals surface area contributed by atoms with Crippen LogP contribution in [0.1, 0.15) is 15.9 Å². The van der Waals surface area contributed by atoms with Crippen molar-refractivity contribution in [1.82, 2.24) is 4.98 Å². The number of amides is 1. The minimum atomic E-state index is -3.92. The van der Waals surface area contributed by atoms with Gasteiger partial charge in [-0.25, -0.2) is 13.6 Å². The van der Waals surface area contributed by atoms with Gasteiger partial charge < -0.3 is 14.8 Å². The summed E-state index contributed by atoms with van der Waals surface area (Å²) < 4.78 is 34.0. The minimum absolute atomic E-state index is 0.137. The Bertz CT molecular complexity index is 1120. The number of aromatic nitrogens is 1. The Labute approximate surface area is 168 Å². The number of benzene rings is 2. The SMILES string of the molecule is COc1ccc(S(N)(=O)=O)cc1NC(=O)c1cccc(OCc2cccnc2)c1. The number of nitrogens with two attached hydrogens (primary N) is 1. The van der Waals surface area contributed by atoms with Gasteiger partial charge in [-0.15, -0.1) is 0 Å². The number of ether oxygens (including phenoxy) is 2. The van der Waals surface area contributed by atoms with Crippen molar-refractivity contribution in [3.05, 3.63) is 78.1 Å². The van der Waals surface area contributed by atoms with Crippen molar-refractivity contribution in [2.45, 2.75) is 11.5 Å². The van der Waals surface area contributed by atoms with Crippen molar-refractivity contribution in [1.29, 1.82) is 0 Å². The van der Waals surface area contributed by atoms with Crippen LogP contribution in [0.5, 0.6) is 11.5 Å². The molecule has 0 saturated carbocycles. The highest BCUT2D eigenvalue weighted by Crippen LogP contribution is 2.28. The van der Waals surface area contributed by atoms with Gasteiger partial charge in [-0.05, 0) is 42.5 Å². The number of nitrogens with one attached hydrogen (secondary N) is 1. The Balaban J connectivity index is 1.77. The highest BCUT2D eigenvalue weighted by atomic mass is 32.2. The van der Waals surface area contributed by atoms with Crippen molar-refractivity contribution < 1.29 is 22.7 Å². The van der Waals surface area contributed by atoms with E-state index < -0.39 is 15.9 Å². The van der Waals surface area contributed by atoms with Crippen LogP contribution in [0.25, 0.3) is 0 Å². The maximum Gasteiger partial charge on any atom is 0.255 e. The molecule has 3 aromatic rings. The number of primary sulfonamides is 1. The molecular weight excluding hydrogens is 394 g/mol. The number of carbonyl (C=O) groups excluding carboxylic acids is 1. The van der Waals surface area contributed by atoms with Crippen molar-refractivity contribution in [2.75, 3.05) is 12.4 Å². The molecule has 0 unspecified atom stereocenters. The monoisotopic (exact) mass is 413 g/mol. The molecule has 0 bridgehead atoms. The van der Waals surface area contributed by atoms with Crippen LogP contribution in [0.3, 0.4) is 0 Å². The Hall–Kier alpha value is -3.43. The molecule has 3 rings (SSSR count). The molecule has 0 radical (unpaired) electrons. The maximum absolute atomic E-state index is 12.7. The van der Waals surface area contributed by atoms with Crippen LogP contribution in [0, 0.1) is 0 Å². The lowest BCUT2D eigenvalue weighted by Gasteiger charge is -2.12. The van der Waals surface area contributed by atoms with Gasteiger partial charge in [0, 0.05) is 23.5 Å². The van der Waals surface area contributed by atoms with Gasteiger partial charge in [0.2, 0.25) is 10.0 Å². The van der Waals surface area contributed by atoms with Crippen LogP contribution in [0.2, 0.25) is 0 Å². The lowest BCUT2D eigenvalue weighted by Crippen LogP contribution is -2.15. The topological polar surface area (TPSA) is 121 Å². The average Bonchev–Trinajstić information content (AvgIpc) is 2.72. The standard InChI is InChI=1S/C20H19N3O5S/c1-27-19-8-7-17(29(21,25)26)11-18(19)23-20(24)15-5-2-6-16(10-15)28-13-14-4-3-9-22-12-14/h2-12H,13H2,1H3,(H,23,24)(H2,21,25,26). The molecule has 29 heavy (non-hydrogen) atoms. The second-order valence-corrected chi connectivity index (χ2v) is 7.60. The van der Waals surface area contributed by atoms with Gasteiger partial charge in [-0.3, -0.25) is 9.78 Å². The molecule has 0 saturated heterocycles. The molecule has 0 atom stereocenters. The summed E-state index contributed by atoms with van der Waals surface area (Å²) in [6, 6.07) is 14.3. The molecule has 0 aliphatic carbocycles. The molecule has 1 heterocycles. The van der Waals surface area contributed by atoms with Gasteiger partial charge in [-0.1, -0.05) is 12.1 Å². The third-order valence-corrected chi connectivity index (χ3v) is 4.88. The summed E-state index contributed by atoms with van der Waals surface area (Å²) in [5.74, 6) is 0.350. The first kappa shape index (κ1) is 20.3. The summed E-state index contributed by atoms with van der Waals surface area (Å²) in [5.41, 5.74) is 1.41. The third kappa shape index (κ3) is 5.31. The fraction of sp³-hybridized carbons (Fsp3) is 0.100. The molecule has 1 amide bonds. The highest BCUT2D eigenvalue weighted by Gasteiger charge is 2.15. The molecule has 0 spiro atoms. The van der Waals surface area contributed by atoms with Gasteiger partial charge in [0.25, 0.3) is 5.91 Å². The summed E-state index contributed by atoms with van der Waals surface area (Å²) >= 11 is 0. The predicted octanol–water partition coefficient (Wildman–Crippen LogP) is 2.57. The summed E-state index contributed by atoms with van der Waals surface area (Å²) in [6.07, 6.45) is 3.37. The maximum atomic E-state index is 12.7. The Morgan fingerprint density at radius 2 is 1.97 bits per heavy atom. The van der Waals surface area contributed by atoms with E-state index in [-0.39, 0.29) is 10.6 Å². The van der Waals surface area contributed by atoms with E-state index in [1.807, 2.05) is 12.1 Å². The zero-order chi connectivity index (χ0) is 20.9. The van der Waals surface area contributed by atoms with E-state index in [2.05, 4.69) is 10.3 Å². The summed E-state index contributed by atoms with van der Waals surface area (Å²) in [7, 11) is -2.51. The number of carbonyl (C=O) groups is 1. The van der Waals surface area contributed by atoms with Crippen molar-refractivity contribution in [3.63, 3.8) is 0 Å². The normalized spacial score (nSPS) is 11.0. The molecule has 0 aliphatic heterocycles. The van der Waals surface area contributed by atoms with Gasteiger partial charge in [0.1, 0.15) is 18.1 Å². The van der Waals surface area contributed by atoms with E-state index >= 15 is 0 Å². The van der Waals surface area contributed by atoms with E-state index in [9.17, 15) is 13.2 Å². The predicted molar refractivity (Wildman–Crippen MR) is 107 cm³/mol. The minimum Gasteiger partial charge on any atom is -0.495 e. The third-order valence-electron chi connectivity index (χ3n) is 3.97. The van der Waals surface area contributed by atoms with Crippen molar-refractivity contribution in [2.24, 2.45) is 5.14 Å². The van der Waals surface area contributed by atoms with Gasteiger partial charge in [0.05, 0.1) is 17.7 Å². The first-order chi connectivity index (χ1) is 13.9. The molecule has 8 nitrogen and oxygen atoms in total. The van der Waals surface area contributed by atoms with Crippen LogP contribution in [-0.4, -0.2) is 26.4 Å². The van der Waals surface area contributed by atoms with E-state index in [1.165, 1.54) is 25.3 Å². The van der Waals surface area contributed by atoms with E-state index in [0.717, 1.165) is 5.56 Å². The van der Waals surface area contributed by atoms with Crippen LogP contribution >= 0.6 is 0 Å². The number of hydrogen-bond acceptors (Lipinski definition) is 6. The Kier molecular flexibility index (Phi) is 6.10. The number of rotatable bonds is 7. The summed E-state index contributed by atoms with van der Waals surface area (Å²) in [6.45, 7) is 0.309. The van der Waals surface area contributed by atoms with Gasteiger partial charge in [-0.2, -0.15) is 0 Å². The van der Waals surface area contributed by atoms with Crippen LogP contribution in [-0.2, 0) is 16.6 Å². The largest absolute Gasteiger partial charge is 0.495 e. The fourth-order valence-corrected chi connectivity index (χ4v) is 3.07. The van der Waals surface area contributed by atoms with Crippen LogP contribution < -0.4 is 19.9 Å². The zero-order valence-electron chi connectivity index (χ0n) is 15.5. The smallest absolute Gasteiger partial charge is 0.255 e. The second kappa shape index (κ2) is 8.72. The molecular formula is C20H19N3O5S. The van der Waals surface area contributed by atoms with Crippen molar-refractivity contribution in [3.8, 4) is 11.5 Å². The number of hydrogen-bond donors (Lipinski definition) is 2. The summed E-state index contributed by atoms with van der Waals surface area (Å²) in [4.78, 5) is 16.5. The van der Waals surface area contributed by atoms with E-state index in [4.69, 9.17) is 14.6 Å². The first-order valence-electron chi connectivity index (χ1n) is 8.51.